The van der Waals surface area contributed by atoms with E-state index in [1.807, 2.05) is 12.1 Å². The van der Waals surface area contributed by atoms with Gasteiger partial charge in [-0.25, -0.2) is 13.1 Å². The minimum atomic E-state index is -3.54. The molecular weight excluding hydrogens is 412 g/mol. The molecule has 2 aromatic carbocycles. The van der Waals surface area contributed by atoms with Gasteiger partial charge in [0, 0.05) is 17.6 Å². The summed E-state index contributed by atoms with van der Waals surface area (Å²) in [4.78, 5) is 12.1. The van der Waals surface area contributed by atoms with Gasteiger partial charge in [0.2, 0.25) is 10.0 Å². The predicted octanol–water partition coefficient (Wildman–Crippen LogP) is 3.65. The molecule has 0 bridgehead atoms. The lowest BCUT2D eigenvalue weighted by Crippen LogP contribution is -2.36. The minimum Gasteiger partial charge on any atom is -0.484 e. The summed E-state index contributed by atoms with van der Waals surface area (Å²) in [6.45, 7) is 0.226. The molecule has 1 aliphatic carbocycles. The van der Waals surface area contributed by atoms with Crippen molar-refractivity contribution in [2.75, 3.05) is 6.61 Å². The van der Waals surface area contributed by atoms with Crippen molar-refractivity contribution in [3.05, 3.63) is 59.1 Å². The van der Waals surface area contributed by atoms with Crippen LogP contribution < -0.4 is 14.8 Å². The largest absolute Gasteiger partial charge is 0.484 e. The number of hydrogen-bond donors (Lipinski definition) is 2. The van der Waals surface area contributed by atoms with Crippen molar-refractivity contribution >= 4 is 27.5 Å². The van der Waals surface area contributed by atoms with Crippen molar-refractivity contribution in [3.8, 4) is 5.75 Å². The maximum atomic E-state index is 12.5. The molecule has 0 unspecified atom stereocenters. The van der Waals surface area contributed by atoms with Crippen molar-refractivity contribution in [2.45, 2.75) is 49.6 Å². The van der Waals surface area contributed by atoms with E-state index in [0.29, 0.717) is 17.3 Å². The maximum absolute atomic E-state index is 12.5. The molecule has 0 heterocycles. The molecule has 0 aromatic heterocycles. The van der Waals surface area contributed by atoms with E-state index in [1.165, 1.54) is 12.1 Å². The Hall–Kier alpha value is -2.09. The highest BCUT2D eigenvalue weighted by atomic mass is 35.5. The zero-order chi connectivity index (χ0) is 20.7. The summed E-state index contributed by atoms with van der Waals surface area (Å²) >= 11 is 5.83. The third-order valence-electron chi connectivity index (χ3n) is 4.83. The van der Waals surface area contributed by atoms with Gasteiger partial charge in [-0.1, -0.05) is 43.0 Å². The van der Waals surface area contributed by atoms with Gasteiger partial charge in [0.15, 0.2) is 6.61 Å². The maximum Gasteiger partial charge on any atom is 0.258 e. The van der Waals surface area contributed by atoms with E-state index in [4.69, 9.17) is 16.3 Å². The highest BCUT2D eigenvalue weighted by Crippen LogP contribution is 2.21. The Labute approximate surface area is 176 Å². The van der Waals surface area contributed by atoms with Crippen LogP contribution >= 0.6 is 11.6 Å². The number of ether oxygens (including phenoxy) is 1. The first-order valence-electron chi connectivity index (χ1n) is 9.69. The van der Waals surface area contributed by atoms with Crippen molar-refractivity contribution in [3.63, 3.8) is 0 Å². The molecule has 0 atom stereocenters. The lowest BCUT2D eigenvalue weighted by Gasteiger charge is -2.22. The number of halogens is 1. The quantitative estimate of drug-likeness (QED) is 0.661. The Morgan fingerprint density at radius 1 is 1.00 bits per heavy atom. The normalized spacial score (nSPS) is 15.1. The van der Waals surface area contributed by atoms with Gasteiger partial charge < -0.3 is 10.1 Å². The van der Waals surface area contributed by atoms with Crippen molar-refractivity contribution < 1.29 is 17.9 Å². The number of carbonyl (C=O) groups excluding carboxylic acids is 1. The van der Waals surface area contributed by atoms with Gasteiger partial charge in [0.1, 0.15) is 5.75 Å². The molecule has 2 aromatic rings. The summed E-state index contributed by atoms with van der Waals surface area (Å²) in [5.41, 5.74) is 0.933. The SMILES string of the molecule is O=C(COc1ccc(S(=O)(=O)NC2CCCCC2)cc1)NCc1ccc(Cl)cc1. The van der Waals surface area contributed by atoms with Crippen LogP contribution in [0, 0.1) is 0 Å². The van der Waals surface area contributed by atoms with Crippen LogP contribution in [0.15, 0.2) is 53.4 Å². The highest BCUT2D eigenvalue weighted by molar-refractivity contribution is 7.89. The summed E-state index contributed by atoms with van der Waals surface area (Å²) in [5.74, 6) is 0.166. The Balaban J connectivity index is 1.47. The van der Waals surface area contributed by atoms with Gasteiger partial charge in [-0.15, -0.1) is 0 Å². The molecule has 8 heteroatoms. The van der Waals surface area contributed by atoms with E-state index < -0.39 is 10.0 Å². The zero-order valence-corrected chi connectivity index (χ0v) is 17.6. The number of benzene rings is 2. The fraction of sp³-hybridized carbons (Fsp3) is 0.381. The number of carbonyl (C=O) groups is 1. The van der Waals surface area contributed by atoms with Crippen LogP contribution in [0.2, 0.25) is 5.02 Å². The Morgan fingerprint density at radius 3 is 2.31 bits per heavy atom. The molecule has 1 aliphatic rings. The van der Waals surface area contributed by atoms with E-state index in [0.717, 1.165) is 37.7 Å². The molecule has 0 spiro atoms. The van der Waals surface area contributed by atoms with Crippen molar-refractivity contribution in [2.24, 2.45) is 0 Å². The van der Waals surface area contributed by atoms with Crippen LogP contribution in [-0.2, 0) is 21.4 Å². The summed E-state index contributed by atoms with van der Waals surface area (Å²) in [6, 6.07) is 13.3. The molecule has 1 saturated carbocycles. The molecule has 0 radical (unpaired) electrons. The predicted molar refractivity (Wildman–Crippen MR) is 112 cm³/mol. The van der Waals surface area contributed by atoms with Crippen LogP contribution in [0.4, 0.5) is 0 Å². The van der Waals surface area contributed by atoms with Gasteiger partial charge in [-0.05, 0) is 54.8 Å². The Morgan fingerprint density at radius 2 is 1.66 bits per heavy atom. The molecule has 1 fully saturated rings. The highest BCUT2D eigenvalue weighted by Gasteiger charge is 2.21. The molecule has 156 valence electrons. The third-order valence-corrected chi connectivity index (χ3v) is 6.62. The second-order valence-electron chi connectivity index (χ2n) is 7.12. The number of sulfonamides is 1. The van der Waals surface area contributed by atoms with E-state index in [2.05, 4.69) is 10.0 Å². The molecular formula is C21H25ClN2O4S. The number of rotatable bonds is 8. The second-order valence-corrected chi connectivity index (χ2v) is 9.27. The molecule has 6 nitrogen and oxygen atoms in total. The van der Waals surface area contributed by atoms with E-state index in [-0.39, 0.29) is 23.5 Å². The minimum absolute atomic E-state index is 0.00835. The van der Waals surface area contributed by atoms with E-state index >= 15 is 0 Å². The van der Waals surface area contributed by atoms with Gasteiger partial charge in [0.05, 0.1) is 4.90 Å². The van der Waals surface area contributed by atoms with Gasteiger partial charge >= 0.3 is 0 Å². The van der Waals surface area contributed by atoms with E-state index in [9.17, 15) is 13.2 Å². The monoisotopic (exact) mass is 436 g/mol. The third kappa shape index (κ3) is 6.73. The lowest BCUT2D eigenvalue weighted by molar-refractivity contribution is -0.123. The summed E-state index contributed by atoms with van der Waals surface area (Å²) in [6.07, 6.45) is 5.04. The molecule has 0 aliphatic heterocycles. The first-order valence-corrected chi connectivity index (χ1v) is 11.5. The first kappa shape index (κ1) is 21.6. The van der Waals surface area contributed by atoms with Crippen LogP contribution in [0.5, 0.6) is 5.75 Å². The summed E-state index contributed by atoms with van der Waals surface area (Å²) in [7, 11) is -3.54. The summed E-state index contributed by atoms with van der Waals surface area (Å²) in [5, 5.41) is 3.40. The van der Waals surface area contributed by atoms with Crippen molar-refractivity contribution in [1.29, 1.82) is 0 Å². The molecule has 29 heavy (non-hydrogen) atoms. The Bertz CT molecular complexity index is 909. The fourth-order valence-corrected chi connectivity index (χ4v) is 4.66. The lowest BCUT2D eigenvalue weighted by atomic mass is 9.96. The Kier molecular flexibility index (Phi) is 7.52. The van der Waals surface area contributed by atoms with Gasteiger partial charge in [0.25, 0.3) is 5.91 Å². The molecule has 1 amide bonds. The molecule has 0 saturated heterocycles. The number of hydrogen-bond acceptors (Lipinski definition) is 4. The molecule has 3 rings (SSSR count). The standard InChI is InChI=1S/C21H25ClN2O4S/c22-17-8-6-16(7-9-17)14-23-21(25)15-28-19-10-12-20(13-11-19)29(26,27)24-18-4-2-1-3-5-18/h6-13,18,24H,1-5,14-15H2,(H,23,25). The second kappa shape index (κ2) is 10.1. The first-order chi connectivity index (χ1) is 13.9. The summed E-state index contributed by atoms with van der Waals surface area (Å²) < 4.78 is 33.2. The van der Waals surface area contributed by atoms with E-state index in [1.54, 1.807) is 24.3 Å². The van der Waals surface area contributed by atoms with Crippen LogP contribution in [-0.4, -0.2) is 27.0 Å². The van der Waals surface area contributed by atoms with Crippen LogP contribution in [0.1, 0.15) is 37.7 Å². The fourth-order valence-electron chi connectivity index (χ4n) is 3.23. The number of amides is 1. The molecule has 2 N–H and O–H groups in total. The zero-order valence-electron chi connectivity index (χ0n) is 16.1. The van der Waals surface area contributed by atoms with Crippen LogP contribution in [0.3, 0.4) is 0 Å². The van der Waals surface area contributed by atoms with Gasteiger partial charge in [-0.3, -0.25) is 4.79 Å². The van der Waals surface area contributed by atoms with Crippen LogP contribution in [0.25, 0.3) is 0 Å². The topological polar surface area (TPSA) is 84.5 Å². The van der Waals surface area contributed by atoms with Gasteiger partial charge in [-0.2, -0.15) is 0 Å². The smallest absolute Gasteiger partial charge is 0.258 e. The average Bonchev–Trinajstić information content (AvgIpc) is 2.72. The average molecular weight is 437 g/mol. The van der Waals surface area contributed by atoms with Crippen molar-refractivity contribution in [1.82, 2.24) is 10.0 Å². The number of nitrogens with one attached hydrogen (secondary N) is 2.